The molecule has 4 fully saturated rings. The Labute approximate surface area is 848 Å². The predicted octanol–water partition coefficient (Wildman–Crippen LogP) is 21.5. The molecule has 4 saturated heterocycles. The third-order valence-corrected chi connectivity index (χ3v) is 32.3. The summed E-state index contributed by atoms with van der Waals surface area (Å²) in [5.41, 5.74) is 8.47. The van der Waals surface area contributed by atoms with Crippen LogP contribution in [0.3, 0.4) is 0 Å². The fourth-order valence-corrected chi connectivity index (χ4v) is 24.4. The van der Waals surface area contributed by atoms with E-state index >= 15 is 0 Å². The van der Waals surface area contributed by atoms with Crippen LogP contribution in [-0.4, -0.2) is 179 Å². The number of esters is 2. The van der Waals surface area contributed by atoms with Crippen molar-refractivity contribution in [2.75, 3.05) is 26.4 Å². The zero-order chi connectivity index (χ0) is 99.0. The minimum Gasteiger partial charge on any atom is -0.454 e. The number of hydrogen-bond donors (Lipinski definition) is 1. The van der Waals surface area contributed by atoms with Gasteiger partial charge in [-0.3, -0.25) is 10.2 Å². The number of rotatable bonds is 49. The average Bonchev–Trinajstić information content (AvgIpc) is 0.752. The van der Waals surface area contributed by atoms with Crippen molar-refractivity contribution in [3.8, 4) is 0 Å². The molecule has 0 spiro atoms. The van der Waals surface area contributed by atoms with Gasteiger partial charge in [-0.1, -0.05) is 398 Å². The van der Waals surface area contributed by atoms with Gasteiger partial charge in [0.1, 0.15) is 85.5 Å². The predicted molar refractivity (Wildman–Crippen MR) is 540 cm³/mol. The van der Waals surface area contributed by atoms with Crippen LogP contribution >= 0.6 is 34.8 Å². The standard InChI is InChI=1S/C114H128Cl3NO23Si/c1-77(2)142(78(3)4,79(5)6)132-76-95-99(126-68-86-51-29-13-30-52-86)103(130-72-90-59-37-17-38-60-90)107(140-110-105(133-80(7)119)101(128-70-88-55-33-15-34-56-88)97(124-66-84-47-25-11-26-48-84)93(135-110)74-122-64-82-43-21-9-22-44-82)111(137-95)139-104-100(127-69-87-53-31-14-32-54-87)96(123-65-83-45-23-10-24-46-83)92(73-121-63-81-41-19-8-20-42-81)134-109(104)131-75-94-98(125-67-85-49-27-12-28-50-85)102(129-71-89-57-35-16-36-58-89)106(112(136-94)141-113(118)114(115,116)117)138-108(120)91-61-39-18-40-62-91/h8-62,77-79,92-107,109-112,118H,63-76H2,1-7H3/t92-,93-,94-,95-,96-,97-,98-,99-,100+,101+,102+,103+,104+,105+,106+,107+,109+,110-,111-,112-/m1/s1. The Kier molecular flexibility index (Phi) is 40.4. The van der Waals surface area contributed by atoms with Crippen LogP contribution in [0.15, 0.2) is 334 Å². The molecule has 1 N–H and O–H groups in total. The number of ether oxygens (including phenoxy) is 20. The fraction of sp³-hybridized carbons (Fsp3) is 0.395. The van der Waals surface area contributed by atoms with Crippen molar-refractivity contribution in [3.05, 3.63) is 395 Å². The average molecular weight is 2010 g/mol. The lowest BCUT2D eigenvalue weighted by Crippen LogP contribution is -2.69. The van der Waals surface area contributed by atoms with E-state index in [-0.39, 0.29) is 108 Å². The molecule has 0 bridgehead atoms. The lowest BCUT2D eigenvalue weighted by atomic mass is 9.95. The summed E-state index contributed by atoms with van der Waals surface area (Å²) in [7, 11) is -2.91. The molecule has 0 radical (unpaired) electrons. The van der Waals surface area contributed by atoms with Crippen LogP contribution in [0.1, 0.15) is 114 Å². The van der Waals surface area contributed by atoms with Crippen LogP contribution in [0.5, 0.6) is 0 Å². The summed E-state index contributed by atoms with van der Waals surface area (Å²) < 4.78 is 152. The van der Waals surface area contributed by atoms with Gasteiger partial charge >= 0.3 is 11.9 Å². The maximum absolute atomic E-state index is 14.9. The van der Waals surface area contributed by atoms with Gasteiger partial charge in [-0.25, -0.2) is 4.79 Å². The van der Waals surface area contributed by atoms with Gasteiger partial charge in [0.2, 0.25) is 12.2 Å². The lowest BCUT2D eigenvalue weighted by Gasteiger charge is -2.52. The molecule has 0 saturated carbocycles. The zero-order valence-electron chi connectivity index (χ0n) is 81.0. The molecule has 4 aliphatic heterocycles. The van der Waals surface area contributed by atoms with Crippen LogP contribution in [-0.2, 0) is 170 Å². The summed E-state index contributed by atoms with van der Waals surface area (Å²) in [4.78, 5) is 29.5. The second kappa shape index (κ2) is 53.9. The molecular formula is C114H128Cl3NO23Si. The van der Waals surface area contributed by atoms with Crippen molar-refractivity contribution in [2.45, 2.75) is 258 Å². The van der Waals surface area contributed by atoms with Gasteiger partial charge < -0.3 is 99.2 Å². The van der Waals surface area contributed by atoms with E-state index in [1.807, 2.05) is 303 Å². The van der Waals surface area contributed by atoms with E-state index in [1.54, 1.807) is 30.3 Å². The van der Waals surface area contributed by atoms with Gasteiger partial charge in [0.05, 0.1) is 98.1 Å². The molecule has 4 heterocycles. The number of carbonyl (C=O) groups excluding carboxylic acids is 2. The summed E-state index contributed by atoms with van der Waals surface area (Å²) >= 11 is 19.8. The molecule has 24 nitrogen and oxygen atoms in total. The molecule has 11 aromatic rings. The van der Waals surface area contributed by atoms with Crippen molar-refractivity contribution in [1.82, 2.24) is 0 Å². The van der Waals surface area contributed by atoms with E-state index in [1.165, 1.54) is 6.92 Å². The lowest BCUT2D eigenvalue weighted by molar-refractivity contribution is -0.405. The first-order valence-electron chi connectivity index (χ1n) is 48.6. The minimum atomic E-state index is -2.91. The number of hydrogen-bond acceptors (Lipinski definition) is 24. The summed E-state index contributed by atoms with van der Waals surface area (Å²) in [5.74, 6) is -2.40. The van der Waals surface area contributed by atoms with Crippen molar-refractivity contribution in [3.63, 3.8) is 0 Å². The Morgan fingerprint density at radius 2 is 0.521 bits per heavy atom. The first-order valence-corrected chi connectivity index (χ1v) is 51.9. The number of nitrogens with one attached hydrogen (secondary N) is 1. The molecule has 142 heavy (non-hydrogen) atoms. The summed E-state index contributed by atoms with van der Waals surface area (Å²) in [5, 5.41) is 9.30. The van der Waals surface area contributed by atoms with Gasteiger partial charge in [-0.2, -0.15) is 0 Å². The van der Waals surface area contributed by atoms with Gasteiger partial charge in [0.25, 0.3) is 3.79 Å². The SMILES string of the molecule is CC(=O)O[C@@H]1[C@@H](O[C@@H]2[C@@H](O[C@@H]3[C@@H](OC[C@H]4O[C@H](OC(=N)C(Cl)(Cl)Cl)[C@@H](OC(=O)c5ccccc5)[C@@H](OCc5ccccc5)[C@@H]4OCc4ccccc4)O[C@H](COCc4ccccc4)[C@@H](OCc4ccccc4)[C@@H]3OCc3ccccc3)O[C@H](CO[Si](C(C)C)(C(C)C)C(C)C)[C@@H](OCc3ccccc3)[C@@H]2OCc2ccccc2)O[C@H](COCc2ccccc2)[C@@H](OCc2ccccc2)[C@@H]1OCc1ccccc1. The molecule has 752 valence electrons. The minimum absolute atomic E-state index is 0.00588. The van der Waals surface area contributed by atoms with E-state index in [0.717, 1.165) is 55.6 Å². The molecule has 15 rings (SSSR count). The molecule has 20 atom stereocenters. The maximum Gasteiger partial charge on any atom is 0.338 e. The Balaban J connectivity index is 0.936. The van der Waals surface area contributed by atoms with Crippen LogP contribution in [0.25, 0.3) is 0 Å². The first kappa shape index (κ1) is 106. The Morgan fingerprint density at radius 1 is 0.282 bits per heavy atom. The molecule has 4 aliphatic rings. The highest BCUT2D eigenvalue weighted by atomic mass is 35.6. The molecule has 0 aliphatic carbocycles. The maximum atomic E-state index is 14.9. The van der Waals surface area contributed by atoms with Crippen LogP contribution in [0, 0.1) is 5.41 Å². The number of benzene rings is 11. The highest BCUT2D eigenvalue weighted by Crippen LogP contribution is 2.46. The molecule has 28 heteroatoms. The van der Waals surface area contributed by atoms with Crippen molar-refractivity contribution in [1.29, 1.82) is 5.41 Å². The van der Waals surface area contributed by atoms with Gasteiger partial charge in [-0.05, 0) is 84.4 Å². The quantitative estimate of drug-likeness (QED) is 0.0122. The monoisotopic (exact) mass is 2010 g/mol. The fourth-order valence-electron chi connectivity index (χ4n) is 18.8. The Morgan fingerprint density at radius 3 is 0.817 bits per heavy atom. The Hall–Kier alpha value is -9.80. The number of halogens is 3. The summed E-state index contributed by atoms with van der Waals surface area (Å²) in [6, 6.07) is 105. The van der Waals surface area contributed by atoms with Gasteiger partial charge in [0.15, 0.2) is 39.4 Å². The normalized spacial score (nSPS) is 24.8. The van der Waals surface area contributed by atoms with Crippen molar-refractivity contribution < 1.29 is 109 Å². The first-order chi connectivity index (χ1) is 69.2. The van der Waals surface area contributed by atoms with E-state index in [4.69, 9.17) is 134 Å². The molecule has 0 aromatic heterocycles. The van der Waals surface area contributed by atoms with Crippen molar-refractivity contribution >= 4 is 61.0 Å². The van der Waals surface area contributed by atoms with E-state index in [9.17, 15) is 15.0 Å². The Bertz CT molecular complexity index is 5480. The molecule has 0 unspecified atom stereocenters. The zero-order valence-corrected chi connectivity index (χ0v) is 84.2. The van der Waals surface area contributed by atoms with E-state index in [2.05, 4.69) is 41.5 Å². The smallest absolute Gasteiger partial charge is 0.338 e. The second-order valence-electron chi connectivity index (χ2n) is 36.7. The summed E-state index contributed by atoms with van der Waals surface area (Å²) in [6.45, 7) is 14.0. The highest BCUT2D eigenvalue weighted by molar-refractivity contribution is 6.77. The highest BCUT2D eigenvalue weighted by Gasteiger charge is 2.61. The summed E-state index contributed by atoms with van der Waals surface area (Å²) in [6.07, 6.45) is -27.6. The van der Waals surface area contributed by atoms with Gasteiger partial charge in [-0.15, -0.1) is 0 Å². The third-order valence-electron chi connectivity index (χ3n) is 25.7. The number of carbonyl (C=O) groups is 2. The van der Waals surface area contributed by atoms with Crippen LogP contribution in [0.2, 0.25) is 16.6 Å². The van der Waals surface area contributed by atoms with Crippen LogP contribution < -0.4 is 0 Å². The molecular weight excluding hydrogens is 1890 g/mol. The topological polar surface area (TPSA) is 252 Å². The third kappa shape index (κ3) is 30.0. The van der Waals surface area contributed by atoms with Crippen molar-refractivity contribution in [2.24, 2.45) is 0 Å². The van der Waals surface area contributed by atoms with Crippen LogP contribution in [0.4, 0.5) is 0 Å². The molecule has 11 aromatic carbocycles. The van der Waals surface area contributed by atoms with Gasteiger partial charge in [0, 0.05) is 6.92 Å². The number of alkyl halides is 3. The van der Waals surface area contributed by atoms with E-state index in [0.29, 0.717) is 0 Å². The molecule has 0 amide bonds. The van der Waals surface area contributed by atoms with E-state index < -0.39 is 159 Å². The largest absolute Gasteiger partial charge is 0.454 e. The second-order valence-corrected chi connectivity index (χ2v) is 44.4.